The van der Waals surface area contributed by atoms with Gasteiger partial charge in [0.1, 0.15) is 5.57 Å². The van der Waals surface area contributed by atoms with Crippen LogP contribution < -0.4 is 0 Å². The van der Waals surface area contributed by atoms with E-state index in [1.54, 1.807) is 0 Å². The minimum Gasteiger partial charge on any atom is -0.504 e. The van der Waals surface area contributed by atoms with Crippen molar-refractivity contribution in [2.24, 2.45) is 34.5 Å². The Morgan fingerprint density at radius 1 is 1.11 bits per heavy atom. The Bertz CT molecular complexity index is 1120. The zero-order chi connectivity index (χ0) is 27.3. The van der Waals surface area contributed by atoms with E-state index in [0.29, 0.717) is 17.3 Å². The molecule has 0 aromatic carbocycles. The highest BCUT2D eigenvalue weighted by Gasteiger charge is 2.60. The molecule has 5 nitrogen and oxygen atoms in total. The van der Waals surface area contributed by atoms with Gasteiger partial charge in [-0.05, 0) is 93.8 Å². The summed E-state index contributed by atoms with van der Waals surface area (Å²) in [5, 5.41) is 20.9. The molecule has 0 heterocycles. The van der Waals surface area contributed by atoms with E-state index in [1.807, 2.05) is 19.9 Å². The number of hydrogen-bond acceptors (Lipinski definition) is 4. The number of aliphatic hydroxyl groups excluding tert-OH is 1. The average Bonchev–Trinajstić information content (AvgIpc) is 3.15. The fraction of sp³-hybridized carbons (Fsp3) is 0.656. The number of carboxylic acid groups (broad SMARTS) is 1. The molecule has 4 aliphatic rings. The summed E-state index contributed by atoms with van der Waals surface area (Å²) in [6, 6.07) is 0. The van der Waals surface area contributed by atoms with E-state index >= 15 is 0 Å². The van der Waals surface area contributed by atoms with Crippen molar-refractivity contribution in [3.63, 3.8) is 0 Å². The molecule has 4 rings (SSSR count). The number of carbonyl (C=O) groups excluding carboxylic acids is 2. The Morgan fingerprint density at radius 2 is 1.81 bits per heavy atom. The molecule has 4 aliphatic carbocycles. The fourth-order valence-electron chi connectivity index (χ4n) is 8.11. The van der Waals surface area contributed by atoms with E-state index in [0.717, 1.165) is 55.1 Å². The lowest BCUT2D eigenvalue weighted by Crippen LogP contribution is -2.34. The molecule has 1 unspecified atom stereocenters. The molecule has 0 aromatic rings. The predicted octanol–water partition coefficient (Wildman–Crippen LogP) is 7.29. The van der Waals surface area contributed by atoms with Crippen molar-refractivity contribution in [2.45, 2.75) is 98.8 Å². The zero-order valence-electron chi connectivity index (χ0n) is 23.3. The maximum atomic E-state index is 13.5. The first kappa shape index (κ1) is 27.6. The number of ketones is 2. The number of carbonyl (C=O) groups is 3. The lowest BCUT2D eigenvalue weighted by Gasteiger charge is -2.39. The van der Waals surface area contributed by atoms with Crippen molar-refractivity contribution >= 4 is 17.5 Å². The van der Waals surface area contributed by atoms with Crippen LogP contribution in [0.4, 0.5) is 0 Å². The molecular weight excluding hydrogens is 464 g/mol. The van der Waals surface area contributed by atoms with Crippen molar-refractivity contribution in [2.75, 3.05) is 0 Å². The predicted molar refractivity (Wildman–Crippen MR) is 145 cm³/mol. The average molecular weight is 509 g/mol. The molecule has 5 heteroatoms. The molecule has 2 bridgehead atoms. The van der Waals surface area contributed by atoms with Gasteiger partial charge >= 0.3 is 5.97 Å². The SMILES string of the molecule is C=C(C)[C@@H]1CCC(C)=C[C@H]1C1=C(O)C(=O)C(CCCCCC2C[C@@H]3CC[C@@]2(C)C3(C)C)=C(C(=O)O)C1=O. The lowest BCUT2D eigenvalue weighted by molar-refractivity contribution is -0.135. The van der Waals surface area contributed by atoms with Crippen LogP contribution in [-0.2, 0) is 14.4 Å². The van der Waals surface area contributed by atoms with Crippen LogP contribution in [0.2, 0.25) is 0 Å². The van der Waals surface area contributed by atoms with Gasteiger partial charge in [0.25, 0.3) is 0 Å². The molecule has 5 atom stereocenters. The van der Waals surface area contributed by atoms with Gasteiger partial charge in [-0.15, -0.1) is 0 Å². The Balaban J connectivity index is 1.45. The van der Waals surface area contributed by atoms with Gasteiger partial charge in [0, 0.05) is 11.5 Å². The molecule has 0 spiro atoms. The smallest absolute Gasteiger partial charge is 0.340 e. The van der Waals surface area contributed by atoms with Crippen LogP contribution in [0.3, 0.4) is 0 Å². The monoisotopic (exact) mass is 508 g/mol. The molecule has 2 N–H and O–H groups in total. The van der Waals surface area contributed by atoms with Gasteiger partial charge in [-0.1, -0.05) is 57.4 Å². The van der Waals surface area contributed by atoms with Gasteiger partial charge in [0.05, 0.1) is 5.57 Å². The second-order valence-electron chi connectivity index (χ2n) is 13.0. The van der Waals surface area contributed by atoms with Crippen molar-refractivity contribution < 1.29 is 24.6 Å². The van der Waals surface area contributed by atoms with Gasteiger partial charge < -0.3 is 10.2 Å². The largest absolute Gasteiger partial charge is 0.504 e. The minimum absolute atomic E-state index is 0.0462. The normalized spacial score (nSPS) is 33.3. The van der Waals surface area contributed by atoms with Crippen molar-refractivity contribution in [1.82, 2.24) is 0 Å². The fourth-order valence-corrected chi connectivity index (χ4v) is 8.11. The second kappa shape index (κ2) is 10.0. The van der Waals surface area contributed by atoms with Crippen LogP contribution in [-0.4, -0.2) is 27.7 Å². The van der Waals surface area contributed by atoms with E-state index < -0.39 is 34.8 Å². The highest BCUT2D eigenvalue weighted by atomic mass is 16.4. The standard InChI is InChI=1S/C32H44O5/c1-18(2)22-13-12-19(3)16-24(22)25-28(34)26(30(36)37)23(27(33)29(25)35)11-9-7-8-10-21-17-20-14-15-32(21,6)31(20,4)5/h16,20-22,24,35H,1,7-15,17H2,2-6H3,(H,36,37)/t20-,21?,22-,24+,32+/m0/s1. The van der Waals surface area contributed by atoms with Crippen molar-refractivity contribution in [1.29, 1.82) is 0 Å². The summed E-state index contributed by atoms with van der Waals surface area (Å²) in [6.07, 6.45) is 11.3. The molecule has 0 aliphatic heterocycles. The number of aliphatic hydroxyl groups is 1. The molecule has 2 saturated carbocycles. The highest BCUT2D eigenvalue weighted by molar-refractivity contribution is 6.33. The minimum atomic E-state index is -1.39. The van der Waals surface area contributed by atoms with Crippen LogP contribution in [0, 0.1) is 34.5 Å². The summed E-state index contributed by atoms with van der Waals surface area (Å²) in [7, 11) is 0. The van der Waals surface area contributed by atoms with Crippen LogP contribution in [0.5, 0.6) is 0 Å². The van der Waals surface area contributed by atoms with Crippen LogP contribution >= 0.6 is 0 Å². The van der Waals surface area contributed by atoms with Crippen LogP contribution in [0.25, 0.3) is 0 Å². The lowest BCUT2D eigenvalue weighted by atomic mass is 9.65. The van der Waals surface area contributed by atoms with E-state index in [1.165, 1.54) is 19.3 Å². The van der Waals surface area contributed by atoms with Gasteiger partial charge in [-0.25, -0.2) is 4.79 Å². The Morgan fingerprint density at radius 3 is 2.38 bits per heavy atom. The number of unbranched alkanes of at least 4 members (excludes halogenated alkanes) is 2. The number of allylic oxidation sites excluding steroid dienone is 5. The molecule has 202 valence electrons. The summed E-state index contributed by atoms with van der Waals surface area (Å²) < 4.78 is 0. The number of carboxylic acids is 1. The van der Waals surface area contributed by atoms with E-state index in [9.17, 15) is 24.6 Å². The topological polar surface area (TPSA) is 91.7 Å². The van der Waals surface area contributed by atoms with E-state index in [2.05, 4.69) is 27.4 Å². The van der Waals surface area contributed by atoms with Gasteiger partial charge in [-0.3, -0.25) is 9.59 Å². The summed E-state index contributed by atoms with van der Waals surface area (Å²) >= 11 is 0. The molecule has 0 amide bonds. The molecule has 2 fully saturated rings. The van der Waals surface area contributed by atoms with E-state index in [-0.39, 0.29) is 23.5 Å². The zero-order valence-corrected chi connectivity index (χ0v) is 23.3. The number of fused-ring (bicyclic) bond motifs is 2. The third kappa shape index (κ3) is 4.57. The van der Waals surface area contributed by atoms with E-state index in [4.69, 9.17) is 0 Å². The highest BCUT2D eigenvalue weighted by Crippen LogP contribution is 2.69. The maximum absolute atomic E-state index is 13.5. The number of aliphatic carboxylic acids is 1. The summed E-state index contributed by atoms with van der Waals surface area (Å²) in [6.45, 7) is 15.2. The Labute approximate surface area is 221 Å². The number of hydrogen-bond donors (Lipinski definition) is 2. The van der Waals surface area contributed by atoms with Crippen LogP contribution in [0.1, 0.15) is 98.8 Å². The first-order valence-electron chi connectivity index (χ1n) is 14.1. The summed E-state index contributed by atoms with van der Waals surface area (Å²) in [5.74, 6) is -2.52. The number of rotatable bonds is 9. The molecule has 0 radical (unpaired) electrons. The summed E-state index contributed by atoms with van der Waals surface area (Å²) in [4.78, 5) is 38.9. The first-order valence-corrected chi connectivity index (χ1v) is 14.1. The maximum Gasteiger partial charge on any atom is 0.340 e. The summed E-state index contributed by atoms with van der Waals surface area (Å²) in [5.41, 5.74) is 2.11. The molecule has 0 saturated heterocycles. The second-order valence-corrected chi connectivity index (χ2v) is 13.0. The molecule has 37 heavy (non-hydrogen) atoms. The Hall–Kier alpha value is -2.43. The first-order chi connectivity index (χ1) is 17.3. The van der Waals surface area contributed by atoms with Gasteiger partial charge in [0.2, 0.25) is 11.6 Å². The third-order valence-electron chi connectivity index (χ3n) is 10.9. The quantitative estimate of drug-likeness (QED) is 0.148. The van der Waals surface area contributed by atoms with Crippen molar-refractivity contribution in [3.05, 3.63) is 46.3 Å². The van der Waals surface area contributed by atoms with Crippen LogP contribution in [0.15, 0.2) is 46.3 Å². The number of Topliss-reactive ketones (excluding diaryl/α,β-unsaturated/α-hetero) is 2. The Kier molecular flexibility index (Phi) is 7.49. The van der Waals surface area contributed by atoms with Crippen molar-refractivity contribution in [3.8, 4) is 0 Å². The van der Waals surface area contributed by atoms with Gasteiger partial charge in [-0.2, -0.15) is 0 Å². The molecular formula is C32H44O5. The third-order valence-corrected chi connectivity index (χ3v) is 10.9. The van der Waals surface area contributed by atoms with Gasteiger partial charge in [0.15, 0.2) is 5.76 Å². The molecule has 0 aromatic heterocycles.